The van der Waals surface area contributed by atoms with Crippen molar-refractivity contribution in [2.24, 2.45) is 0 Å². The van der Waals surface area contributed by atoms with Gasteiger partial charge in [0.15, 0.2) is 5.82 Å². The van der Waals surface area contributed by atoms with Gasteiger partial charge in [0.2, 0.25) is 0 Å². The third kappa shape index (κ3) is 2.89. The second kappa shape index (κ2) is 5.92. The Morgan fingerprint density at radius 2 is 1.95 bits per heavy atom. The van der Waals surface area contributed by atoms with Gasteiger partial charge in [0.25, 0.3) is 6.43 Å². The van der Waals surface area contributed by atoms with Crippen molar-refractivity contribution >= 4 is 28.1 Å². The number of thiazole rings is 1. The second-order valence-electron chi connectivity index (χ2n) is 4.96. The maximum absolute atomic E-state index is 13.0. The molecule has 0 saturated heterocycles. The van der Waals surface area contributed by atoms with E-state index in [1.807, 2.05) is 36.4 Å². The minimum Gasteiger partial charge on any atom is -0.352 e. The van der Waals surface area contributed by atoms with E-state index in [9.17, 15) is 8.78 Å². The molecule has 0 N–H and O–H groups in total. The molecule has 2 heterocycles. The second-order valence-corrected chi connectivity index (χ2v) is 5.90. The van der Waals surface area contributed by atoms with Gasteiger partial charge in [0.1, 0.15) is 10.8 Å². The lowest BCUT2D eigenvalue weighted by Crippen LogP contribution is -2.19. The number of anilines is 1. The van der Waals surface area contributed by atoms with Crippen LogP contribution in [0.3, 0.4) is 0 Å². The smallest absolute Gasteiger partial charge is 0.297 e. The lowest BCUT2D eigenvalue weighted by Gasteiger charge is -2.19. The van der Waals surface area contributed by atoms with Gasteiger partial charge >= 0.3 is 0 Å². The number of halogens is 2. The number of alkyl halides is 2. The molecule has 4 nitrogen and oxygen atoms in total. The third-order valence-corrected chi connectivity index (χ3v) is 4.15. The van der Waals surface area contributed by atoms with Crippen LogP contribution in [0.25, 0.3) is 10.9 Å². The molecule has 0 aliphatic carbocycles. The van der Waals surface area contributed by atoms with E-state index in [1.165, 1.54) is 0 Å². The maximum atomic E-state index is 13.0. The normalized spacial score (nSPS) is 11.3. The molecule has 2 aromatic heterocycles. The molecule has 22 heavy (non-hydrogen) atoms. The summed E-state index contributed by atoms with van der Waals surface area (Å²) in [5.41, 5.74) is 1.47. The molecule has 7 heteroatoms. The van der Waals surface area contributed by atoms with Crippen molar-refractivity contribution in [2.45, 2.75) is 19.9 Å². The van der Waals surface area contributed by atoms with Crippen LogP contribution in [0.5, 0.6) is 0 Å². The number of rotatable bonds is 4. The molecule has 3 aromatic rings. The van der Waals surface area contributed by atoms with E-state index < -0.39 is 12.2 Å². The first-order valence-electron chi connectivity index (χ1n) is 6.71. The molecule has 0 radical (unpaired) electrons. The monoisotopic (exact) mass is 320 g/mol. The fourth-order valence-corrected chi connectivity index (χ4v) is 3.04. The lowest BCUT2D eigenvalue weighted by atomic mass is 10.2. The number of hydrogen-bond acceptors (Lipinski definition) is 5. The first-order valence-corrected chi connectivity index (χ1v) is 7.59. The van der Waals surface area contributed by atoms with Gasteiger partial charge in [-0.05, 0) is 19.1 Å². The van der Waals surface area contributed by atoms with Crippen molar-refractivity contribution in [2.75, 3.05) is 11.9 Å². The van der Waals surface area contributed by atoms with Crippen LogP contribution in [0.4, 0.5) is 14.6 Å². The van der Waals surface area contributed by atoms with Gasteiger partial charge in [-0.3, -0.25) is 0 Å². The molecule has 0 unspecified atom stereocenters. The quantitative estimate of drug-likeness (QED) is 0.729. The predicted molar refractivity (Wildman–Crippen MR) is 83.5 cm³/mol. The highest BCUT2D eigenvalue weighted by atomic mass is 32.1. The molecule has 114 valence electrons. The zero-order valence-electron chi connectivity index (χ0n) is 12.1. The van der Waals surface area contributed by atoms with Crippen molar-refractivity contribution in [3.05, 3.63) is 46.2 Å². The van der Waals surface area contributed by atoms with E-state index in [-0.39, 0.29) is 0 Å². The van der Waals surface area contributed by atoms with E-state index in [0.717, 1.165) is 16.1 Å². The standard InChI is InChI=1S/C15H14F2N4S/c1-9-8-22-12(18-9)7-21(2)15-10-5-3-4-6-11(10)19-14(20-15)13(16)17/h3-6,8,13H,7H2,1-2H3. The highest BCUT2D eigenvalue weighted by molar-refractivity contribution is 7.09. The van der Waals surface area contributed by atoms with Crippen molar-refractivity contribution < 1.29 is 8.78 Å². The summed E-state index contributed by atoms with van der Waals surface area (Å²) in [7, 11) is 1.82. The summed E-state index contributed by atoms with van der Waals surface area (Å²) < 4.78 is 26.0. The van der Waals surface area contributed by atoms with Crippen LogP contribution in [0.2, 0.25) is 0 Å². The minimum atomic E-state index is -2.70. The largest absolute Gasteiger partial charge is 0.352 e. The molecule has 0 bridgehead atoms. The molecular weight excluding hydrogens is 306 g/mol. The van der Waals surface area contributed by atoms with Gasteiger partial charge in [-0.15, -0.1) is 11.3 Å². The summed E-state index contributed by atoms with van der Waals surface area (Å²) in [5, 5.41) is 3.63. The van der Waals surface area contributed by atoms with Crippen LogP contribution in [0, 0.1) is 6.92 Å². The van der Waals surface area contributed by atoms with Crippen LogP contribution in [-0.2, 0) is 6.54 Å². The molecular formula is C15H14F2N4S. The summed E-state index contributed by atoms with van der Waals surface area (Å²) in [6.07, 6.45) is -2.70. The average Bonchev–Trinajstić information content (AvgIpc) is 2.91. The summed E-state index contributed by atoms with van der Waals surface area (Å²) in [4.78, 5) is 14.2. The zero-order chi connectivity index (χ0) is 15.7. The summed E-state index contributed by atoms with van der Waals surface area (Å²) in [6.45, 7) is 2.44. The molecule has 0 aliphatic rings. The zero-order valence-corrected chi connectivity index (χ0v) is 12.9. The molecule has 0 aliphatic heterocycles. The van der Waals surface area contributed by atoms with Crippen LogP contribution in [0.15, 0.2) is 29.6 Å². The Balaban J connectivity index is 2.03. The fraction of sp³-hybridized carbons (Fsp3) is 0.267. The van der Waals surface area contributed by atoms with E-state index in [4.69, 9.17) is 0 Å². The molecule has 3 rings (SSSR count). The van der Waals surface area contributed by atoms with E-state index >= 15 is 0 Å². The maximum Gasteiger partial charge on any atom is 0.297 e. The Bertz CT molecular complexity index is 803. The van der Waals surface area contributed by atoms with Crippen LogP contribution in [-0.4, -0.2) is 22.0 Å². The third-order valence-electron chi connectivity index (χ3n) is 3.20. The number of aromatic nitrogens is 3. The predicted octanol–water partition coefficient (Wildman–Crippen LogP) is 3.97. The average molecular weight is 320 g/mol. The topological polar surface area (TPSA) is 41.9 Å². The Kier molecular flexibility index (Phi) is 3.98. The number of hydrogen-bond donors (Lipinski definition) is 0. The fourth-order valence-electron chi connectivity index (χ4n) is 2.22. The summed E-state index contributed by atoms with van der Waals surface area (Å²) in [5.74, 6) is 0.0459. The van der Waals surface area contributed by atoms with Crippen molar-refractivity contribution in [1.82, 2.24) is 15.0 Å². The number of fused-ring (bicyclic) bond motifs is 1. The minimum absolute atomic E-state index is 0.448. The Hall–Kier alpha value is -2.15. The summed E-state index contributed by atoms with van der Waals surface area (Å²) in [6, 6.07) is 7.18. The van der Waals surface area contributed by atoms with Crippen molar-refractivity contribution in [3.8, 4) is 0 Å². The first-order chi connectivity index (χ1) is 10.5. The van der Waals surface area contributed by atoms with E-state index in [2.05, 4.69) is 15.0 Å². The van der Waals surface area contributed by atoms with Crippen LogP contribution < -0.4 is 4.90 Å². The van der Waals surface area contributed by atoms with Gasteiger partial charge in [-0.25, -0.2) is 23.7 Å². The van der Waals surface area contributed by atoms with E-state index in [0.29, 0.717) is 17.9 Å². The molecule has 0 atom stereocenters. The van der Waals surface area contributed by atoms with Crippen molar-refractivity contribution in [1.29, 1.82) is 0 Å². The molecule has 1 aromatic carbocycles. The van der Waals surface area contributed by atoms with Crippen LogP contribution >= 0.6 is 11.3 Å². The SMILES string of the molecule is Cc1csc(CN(C)c2nc(C(F)F)nc3ccccc23)n1. The highest BCUT2D eigenvalue weighted by Crippen LogP contribution is 2.27. The summed E-state index contributed by atoms with van der Waals surface area (Å²) >= 11 is 1.54. The molecule has 0 fully saturated rings. The highest BCUT2D eigenvalue weighted by Gasteiger charge is 2.17. The van der Waals surface area contributed by atoms with Crippen molar-refractivity contribution in [3.63, 3.8) is 0 Å². The van der Waals surface area contributed by atoms with Gasteiger partial charge in [-0.2, -0.15) is 0 Å². The number of aryl methyl sites for hydroxylation is 1. The van der Waals surface area contributed by atoms with Gasteiger partial charge < -0.3 is 4.90 Å². The number of nitrogens with zero attached hydrogens (tertiary/aromatic N) is 4. The van der Waals surface area contributed by atoms with Gasteiger partial charge in [-0.1, -0.05) is 12.1 Å². The Morgan fingerprint density at radius 3 is 2.64 bits per heavy atom. The Morgan fingerprint density at radius 1 is 1.18 bits per heavy atom. The van der Waals surface area contributed by atoms with Crippen LogP contribution in [0.1, 0.15) is 23.0 Å². The van der Waals surface area contributed by atoms with E-state index in [1.54, 1.807) is 23.5 Å². The lowest BCUT2D eigenvalue weighted by molar-refractivity contribution is 0.141. The number of benzene rings is 1. The van der Waals surface area contributed by atoms with Gasteiger partial charge in [0.05, 0.1) is 12.1 Å². The Labute approximate surface area is 130 Å². The molecule has 0 spiro atoms. The molecule has 0 saturated carbocycles. The molecule has 0 amide bonds. The van der Waals surface area contributed by atoms with Gasteiger partial charge in [0, 0.05) is 23.5 Å². The number of para-hydroxylation sites is 1. The first kappa shape index (κ1) is 14.8.